The second-order valence-electron chi connectivity index (χ2n) is 13.4. The van der Waals surface area contributed by atoms with Gasteiger partial charge in [-0.2, -0.15) is 5.21 Å². The molecule has 50 heavy (non-hydrogen) atoms. The number of ether oxygens (including phenoxy) is 2. The van der Waals surface area contributed by atoms with Crippen LogP contribution in [0, 0.1) is 5.92 Å². The minimum absolute atomic E-state index is 0.0372. The molecule has 2 aromatic heterocycles. The topological polar surface area (TPSA) is 210 Å². The molecule has 1 aromatic carbocycles. The van der Waals surface area contributed by atoms with Crippen molar-refractivity contribution in [3.05, 3.63) is 65.6 Å². The largest absolute Gasteiger partial charge is 0.461 e. The van der Waals surface area contributed by atoms with Crippen molar-refractivity contribution in [3.63, 3.8) is 0 Å². The third-order valence-corrected chi connectivity index (χ3v) is 8.49. The summed E-state index contributed by atoms with van der Waals surface area (Å²) >= 11 is 0. The van der Waals surface area contributed by atoms with Crippen LogP contribution in [0.15, 0.2) is 48.7 Å². The fourth-order valence-electron chi connectivity index (χ4n) is 6.14. The first-order valence-corrected chi connectivity index (χ1v) is 16.7. The number of esters is 1. The summed E-state index contributed by atoms with van der Waals surface area (Å²) in [6.45, 7) is 5.17. The summed E-state index contributed by atoms with van der Waals surface area (Å²) < 4.78 is 10.9. The van der Waals surface area contributed by atoms with Crippen LogP contribution in [-0.4, -0.2) is 79.1 Å². The molecule has 3 atom stereocenters. The smallest absolute Gasteiger partial charge is 0.408 e. The van der Waals surface area contributed by atoms with Crippen molar-refractivity contribution in [3.8, 4) is 0 Å². The van der Waals surface area contributed by atoms with Gasteiger partial charge < -0.3 is 25.4 Å². The van der Waals surface area contributed by atoms with Crippen LogP contribution in [-0.2, 0) is 48.2 Å². The van der Waals surface area contributed by atoms with Crippen molar-refractivity contribution in [2.75, 3.05) is 4.90 Å². The molecule has 0 bridgehead atoms. The van der Waals surface area contributed by atoms with Crippen molar-refractivity contribution in [2.45, 2.75) is 103 Å². The number of rotatable bonds is 13. The molecule has 1 aliphatic heterocycles. The highest BCUT2D eigenvalue weighted by molar-refractivity contribution is 6.06. The third-order valence-electron chi connectivity index (χ3n) is 8.49. The predicted octanol–water partition coefficient (Wildman–Crippen LogP) is 2.26. The van der Waals surface area contributed by atoms with E-state index >= 15 is 0 Å². The highest BCUT2D eigenvalue weighted by atomic mass is 16.6. The van der Waals surface area contributed by atoms with Crippen molar-refractivity contribution >= 4 is 35.6 Å². The Morgan fingerprint density at radius 2 is 1.78 bits per heavy atom. The van der Waals surface area contributed by atoms with Crippen LogP contribution >= 0.6 is 0 Å². The molecule has 0 unspecified atom stereocenters. The number of aromatic nitrogens is 5. The van der Waals surface area contributed by atoms with Gasteiger partial charge in [0.1, 0.15) is 36.2 Å². The first-order chi connectivity index (χ1) is 24.0. The van der Waals surface area contributed by atoms with Gasteiger partial charge in [-0.05, 0) is 63.1 Å². The van der Waals surface area contributed by atoms with Crippen molar-refractivity contribution in [1.29, 1.82) is 0 Å². The minimum Gasteiger partial charge on any atom is -0.461 e. The highest BCUT2D eigenvalue weighted by Crippen LogP contribution is 2.32. The molecule has 1 aliphatic carbocycles. The van der Waals surface area contributed by atoms with Crippen LogP contribution in [0.1, 0.15) is 76.2 Å². The van der Waals surface area contributed by atoms with Crippen molar-refractivity contribution < 1.29 is 33.4 Å². The Morgan fingerprint density at radius 1 is 1.02 bits per heavy atom. The molecular formula is C34H43N9O7. The molecule has 16 heteroatoms. The number of nitrogens with one attached hydrogen (secondary N) is 4. The van der Waals surface area contributed by atoms with Crippen LogP contribution in [0.4, 0.5) is 10.6 Å². The summed E-state index contributed by atoms with van der Waals surface area (Å²) in [6.07, 6.45) is 3.73. The second kappa shape index (κ2) is 16.3. The SMILES string of the molecule is CC(C)(C)OC(=O)N[C@H](C(=O)N[C@@H](CCC(=O)OCc1ccccc1)C(=O)N1c2ncccc2C[C@H]1C(=O)NCc1nn[nH]n1)C1CCCC1. The molecule has 4 N–H and O–H groups in total. The zero-order valence-electron chi connectivity index (χ0n) is 28.4. The number of aromatic amines is 1. The van der Waals surface area contributed by atoms with Crippen LogP contribution in [0.3, 0.4) is 0 Å². The number of benzene rings is 1. The number of nitrogens with zero attached hydrogens (tertiary/aromatic N) is 5. The molecule has 0 saturated heterocycles. The van der Waals surface area contributed by atoms with E-state index in [1.54, 1.807) is 32.9 Å². The number of alkyl carbamates (subject to hydrolysis) is 1. The van der Waals surface area contributed by atoms with E-state index in [0.29, 0.717) is 18.4 Å². The zero-order valence-corrected chi connectivity index (χ0v) is 28.4. The average molecular weight is 690 g/mol. The Kier molecular flexibility index (Phi) is 11.7. The number of carbonyl (C=O) groups is 5. The van der Waals surface area contributed by atoms with Gasteiger partial charge in [0.15, 0.2) is 5.82 Å². The summed E-state index contributed by atoms with van der Waals surface area (Å²) in [7, 11) is 0. The molecule has 2 aliphatic rings. The molecule has 4 amide bonds. The maximum Gasteiger partial charge on any atom is 0.408 e. The Hall–Kier alpha value is -5.41. The number of pyridine rings is 1. The van der Waals surface area contributed by atoms with E-state index in [4.69, 9.17) is 9.47 Å². The lowest BCUT2D eigenvalue weighted by molar-refractivity contribution is -0.145. The lowest BCUT2D eigenvalue weighted by Crippen LogP contribution is -2.59. The monoisotopic (exact) mass is 689 g/mol. The molecule has 266 valence electrons. The summed E-state index contributed by atoms with van der Waals surface area (Å²) in [5.41, 5.74) is 0.654. The van der Waals surface area contributed by atoms with E-state index < -0.39 is 53.5 Å². The molecule has 3 aromatic rings. The quantitative estimate of drug-likeness (QED) is 0.191. The molecular weight excluding hydrogens is 646 g/mol. The molecule has 0 spiro atoms. The number of amides is 4. The Bertz CT molecular complexity index is 1640. The normalized spacial score (nSPS) is 16.9. The number of anilines is 1. The van der Waals surface area contributed by atoms with Gasteiger partial charge in [0.25, 0.3) is 5.91 Å². The van der Waals surface area contributed by atoms with Gasteiger partial charge in [0, 0.05) is 19.0 Å². The van der Waals surface area contributed by atoms with E-state index in [9.17, 15) is 24.0 Å². The fraction of sp³-hybridized carbons (Fsp3) is 0.500. The van der Waals surface area contributed by atoms with Gasteiger partial charge >= 0.3 is 12.1 Å². The predicted molar refractivity (Wildman–Crippen MR) is 178 cm³/mol. The average Bonchev–Trinajstić information content (AvgIpc) is 3.88. The lowest BCUT2D eigenvalue weighted by Gasteiger charge is -2.31. The number of tetrazole rings is 1. The Balaban J connectivity index is 1.38. The molecule has 5 rings (SSSR count). The fourth-order valence-corrected chi connectivity index (χ4v) is 6.14. The molecule has 0 radical (unpaired) electrons. The molecule has 1 fully saturated rings. The van der Waals surface area contributed by atoms with E-state index in [2.05, 4.69) is 41.6 Å². The van der Waals surface area contributed by atoms with E-state index in [1.807, 2.05) is 30.3 Å². The summed E-state index contributed by atoms with van der Waals surface area (Å²) in [5, 5.41) is 21.8. The van der Waals surface area contributed by atoms with Crippen molar-refractivity contribution in [1.82, 2.24) is 41.6 Å². The van der Waals surface area contributed by atoms with E-state index in [0.717, 1.165) is 18.4 Å². The third kappa shape index (κ3) is 9.60. The summed E-state index contributed by atoms with van der Waals surface area (Å²) in [4.78, 5) is 73.5. The molecule has 3 heterocycles. The Morgan fingerprint density at radius 3 is 2.48 bits per heavy atom. The van der Waals surface area contributed by atoms with Crippen LogP contribution in [0.25, 0.3) is 0 Å². The van der Waals surface area contributed by atoms with E-state index in [-0.39, 0.29) is 50.0 Å². The van der Waals surface area contributed by atoms with Gasteiger partial charge in [-0.1, -0.05) is 54.5 Å². The van der Waals surface area contributed by atoms with Crippen LogP contribution < -0.4 is 20.9 Å². The van der Waals surface area contributed by atoms with Crippen LogP contribution in [0.5, 0.6) is 0 Å². The molecule has 1 saturated carbocycles. The first-order valence-electron chi connectivity index (χ1n) is 16.7. The maximum atomic E-state index is 14.5. The van der Waals surface area contributed by atoms with Gasteiger partial charge in [0.2, 0.25) is 11.8 Å². The van der Waals surface area contributed by atoms with Gasteiger partial charge in [-0.15, -0.1) is 10.2 Å². The number of H-pyrrole nitrogens is 1. The lowest BCUT2D eigenvalue weighted by atomic mass is 9.96. The highest BCUT2D eigenvalue weighted by Gasteiger charge is 2.43. The summed E-state index contributed by atoms with van der Waals surface area (Å²) in [5.74, 6) is -1.99. The standard InChI is InChI=1S/C34H43N9O7/c1-34(2,3)50-33(48)38-28(22-12-7-8-13-22)31(46)37-24(15-16-27(44)49-20-21-10-5-4-6-11-21)32(47)43-25(18-23-14-9-17-35-29(23)43)30(45)36-19-26-39-41-42-40-26/h4-6,9-11,14,17,22,24-25,28H,7-8,12-13,15-16,18-20H2,1-3H3,(H,36,45)(H,37,46)(H,38,48)(H,39,40,41,42)/t24-,25-,28-/m0/s1. The summed E-state index contributed by atoms with van der Waals surface area (Å²) in [6, 6.07) is 9.33. The number of fused-ring (bicyclic) bond motifs is 1. The second-order valence-corrected chi connectivity index (χ2v) is 13.4. The zero-order chi connectivity index (χ0) is 35.7. The number of hydrogen-bond donors (Lipinski definition) is 4. The Labute approximate surface area is 289 Å². The molecule has 16 nitrogen and oxygen atoms in total. The number of hydrogen-bond acceptors (Lipinski definition) is 11. The number of carbonyl (C=O) groups excluding carboxylic acids is 5. The first kappa shape index (κ1) is 35.9. The maximum absolute atomic E-state index is 14.5. The minimum atomic E-state index is -1.28. The van der Waals surface area contributed by atoms with Crippen LogP contribution in [0.2, 0.25) is 0 Å². The van der Waals surface area contributed by atoms with Crippen molar-refractivity contribution in [2.24, 2.45) is 5.92 Å². The van der Waals surface area contributed by atoms with Gasteiger partial charge in [-0.3, -0.25) is 24.1 Å². The van der Waals surface area contributed by atoms with E-state index in [1.165, 1.54) is 11.1 Å². The van der Waals surface area contributed by atoms with Gasteiger partial charge in [-0.25, -0.2) is 9.78 Å². The van der Waals surface area contributed by atoms with Gasteiger partial charge in [0.05, 0.1) is 6.54 Å².